The number of rotatable bonds is 3. The molecule has 0 bridgehead atoms. The van der Waals surface area contributed by atoms with Crippen molar-refractivity contribution in [2.75, 3.05) is 19.7 Å². The van der Waals surface area contributed by atoms with Gasteiger partial charge in [0.1, 0.15) is 11.5 Å². The van der Waals surface area contributed by atoms with Crippen LogP contribution >= 0.6 is 0 Å². The zero-order valence-electron chi connectivity index (χ0n) is 11.1. The van der Waals surface area contributed by atoms with E-state index in [0.29, 0.717) is 32.5 Å². The quantitative estimate of drug-likeness (QED) is 0.848. The first-order chi connectivity index (χ1) is 9.63. The lowest BCUT2D eigenvalue weighted by Gasteiger charge is -2.34. The van der Waals surface area contributed by atoms with E-state index in [-0.39, 0.29) is 12.0 Å². The van der Waals surface area contributed by atoms with E-state index in [1.807, 2.05) is 30.3 Å². The van der Waals surface area contributed by atoms with E-state index in [0.717, 1.165) is 5.56 Å². The Hall–Kier alpha value is -1.88. The maximum absolute atomic E-state index is 12.4. The third kappa shape index (κ3) is 2.18. The molecule has 5 nitrogen and oxygen atoms in total. The van der Waals surface area contributed by atoms with Gasteiger partial charge in [0, 0.05) is 6.54 Å². The lowest BCUT2D eigenvalue weighted by atomic mass is 10.0. The largest absolute Gasteiger partial charge is 0.480 e. The van der Waals surface area contributed by atoms with Crippen molar-refractivity contribution in [3.05, 3.63) is 35.9 Å². The second-order valence-corrected chi connectivity index (χ2v) is 5.41. The van der Waals surface area contributed by atoms with Gasteiger partial charge in [-0.1, -0.05) is 30.3 Å². The topological polar surface area (TPSA) is 66.8 Å². The second-order valence-electron chi connectivity index (χ2n) is 5.41. The molecule has 0 radical (unpaired) electrons. The first-order valence-electron chi connectivity index (χ1n) is 6.83. The highest BCUT2D eigenvalue weighted by Gasteiger charge is 2.58. The standard InChI is InChI=1S/C15H17NO4/c17-13(15(6-7-15)14(18)19)16-8-9-20-12(10-16)11-4-2-1-3-5-11/h1-5,12H,6-10H2,(H,18,19). The molecule has 1 aliphatic carbocycles. The highest BCUT2D eigenvalue weighted by atomic mass is 16.5. The summed E-state index contributed by atoms with van der Waals surface area (Å²) < 4.78 is 5.70. The van der Waals surface area contributed by atoms with Crippen LogP contribution in [-0.4, -0.2) is 41.6 Å². The Balaban J connectivity index is 1.73. The summed E-state index contributed by atoms with van der Waals surface area (Å²) in [7, 11) is 0. The molecule has 1 aromatic rings. The van der Waals surface area contributed by atoms with Gasteiger partial charge in [-0.15, -0.1) is 0 Å². The number of hydrogen-bond acceptors (Lipinski definition) is 3. The van der Waals surface area contributed by atoms with Crippen LogP contribution in [0.4, 0.5) is 0 Å². The summed E-state index contributed by atoms with van der Waals surface area (Å²) in [5.41, 5.74) is -0.136. The molecule has 1 unspecified atom stereocenters. The van der Waals surface area contributed by atoms with Crippen molar-refractivity contribution in [2.45, 2.75) is 18.9 Å². The summed E-state index contributed by atoms with van der Waals surface area (Å²) in [6.07, 6.45) is 0.738. The number of nitrogens with zero attached hydrogens (tertiary/aromatic N) is 1. The molecule has 1 N–H and O–H groups in total. The number of amides is 1. The Bertz CT molecular complexity index is 524. The molecule has 1 aliphatic heterocycles. The van der Waals surface area contributed by atoms with Crippen LogP contribution in [0, 0.1) is 5.41 Å². The fourth-order valence-electron chi connectivity index (χ4n) is 2.65. The summed E-state index contributed by atoms with van der Waals surface area (Å²) in [6, 6.07) is 9.71. The molecule has 106 valence electrons. The van der Waals surface area contributed by atoms with E-state index >= 15 is 0 Å². The van der Waals surface area contributed by atoms with E-state index in [1.165, 1.54) is 0 Å². The van der Waals surface area contributed by atoms with Crippen molar-refractivity contribution in [3.8, 4) is 0 Å². The van der Waals surface area contributed by atoms with Crippen LogP contribution in [0.3, 0.4) is 0 Å². The van der Waals surface area contributed by atoms with Gasteiger partial charge in [0.25, 0.3) is 0 Å². The van der Waals surface area contributed by atoms with Crippen LogP contribution in [0.25, 0.3) is 0 Å². The smallest absolute Gasteiger partial charge is 0.319 e. The third-order valence-electron chi connectivity index (χ3n) is 4.09. The monoisotopic (exact) mass is 275 g/mol. The van der Waals surface area contributed by atoms with Gasteiger partial charge in [0.05, 0.1) is 13.2 Å². The Morgan fingerprint density at radius 2 is 1.95 bits per heavy atom. The van der Waals surface area contributed by atoms with E-state index in [1.54, 1.807) is 4.90 Å². The number of carboxylic acid groups (broad SMARTS) is 1. The molecular weight excluding hydrogens is 258 g/mol. The highest BCUT2D eigenvalue weighted by molar-refractivity contribution is 6.04. The van der Waals surface area contributed by atoms with Crippen LogP contribution in [0.2, 0.25) is 0 Å². The van der Waals surface area contributed by atoms with Crippen LogP contribution in [0.1, 0.15) is 24.5 Å². The van der Waals surface area contributed by atoms with E-state index in [2.05, 4.69) is 0 Å². The highest BCUT2D eigenvalue weighted by Crippen LogP contribution is 2.48. The third-order valence-corrected chi connectivity index (χ3v) is 4.09. The maximum Gasteiger partial charge on any atom is 0.319 e. The Kier molecular flexibility index (Phi) is 3.22. The normalized spacial score (nSPS) is 24.2. The molecule has 20 heavy (non-hydrogen) atoms. The molecule has 2 fully saturated rings. The number of hydrogen-bond donors (Lipinski definition) is 1. The lowest BCUT2D eigenvalue weighted by molar-refractivity contribution is -0.157. The van der Waals surface area contributed by atoms with Gasteiger partial charge >= 0.3 is 5.97 Å². The van der Waals surface area contributed by atoms with Crippen LogP contribution in [0.15, 0.2) is 30.3 Å². The molecule has 1 saturated heterocycles. The molecule has 1 atom stereocenters. The maximum atomic E-state index is 12.4. The number of morpholine rings is 1. The Labute approximate surface area is 117 Å². The molecule has 0 spiro atoms. The van der Waals surface area contributed by atoms with Crippen molar-refractivity contribution >= 4 is 11.9 Å². The molecule has 2 aliphatic rings. The summed E-state index contributed by atoms with van der Waals surface area (Å²) in [4.78, 5) is 25.3. The van der Waals surface area contributed by atoms with Crippen LogP contribution in [0.5, 0.6) is 0 Å². The van der Waals surface area contributed by atoms with Crippen LogP contribution in [-0.2, 0) is 14.3 Å². The SMILES string of the molecule is O=C(O)C1(C(=O)N2CCOC(c3ccccc3)C2)CC1. The zero-order chi connectivity index (χ0) is 14.2. The molecule has 1 saturated carbocycles. The number of carboxylic acids is 1. The number of carbonyl (C=O) groups is 2. The van der Waals surface area contributed by atoms with Gasteiger partial charge < -0.3 is 14.7 Å². The average Bonchev–Trinajstić information content (AvgIpc) is 3.29. The van der Waals surface area contributed by atoms with E-state index in [4.69, 9.17) is 4.74 Å². The van der Waals surface area contributed by atoms with Crippen molar-refractivity contribution in [1.82, 2.24) is 4.90 Å². The van der Waals surface area contributed by atoms with Crippen LogP contribution < -0.4 is 0 Å². The van der Waals surface area contributed by atoms with Gasteiger partial charge in [0.2, 0.25) is 5.91 Å². The zero-order valence-corrected chi connectivity index (χ0v) is 11.1. The fraction of sp³-hybridized carbons (Fsp3) is 0.467. The van der Waals surface area contributed by atoms with Gasteiger partial charge in [0.15, 0.2) is 0 Å². The molecule has 1 aromatic carbocycles. The molecule has 1 heterocycles. The first-order valence-corrected chi connectivity index (χ1v) is 6.83. The van der Waals surface area contributed by atoms with Gasteiger partial charge in [-0.05, 0) is 18.4 Å². The number of benzene rings is 1. The fourth-order valence-corrected chi connectivity index (χ4v) is 2.65. The van der Waals surface area contributed by atoms with Crippen molar-refractivity contribution < 1.29 is 19.4 Å². The lowest BCUT2D eigenvalue weighted by Crippen LogP contribution is -2.47. The minimum Gasteiger partial charge on any atom is -0.480 e. The minimum absolute atomic E-state index is 0.168. The average molecular weight is 275 g/mol. The predicted octanol–water partition coefficient (Wildman–Crippen LogP) is 1.45. The summed E-state index contributed by atoms with van der Waals surface area (Å²) in [5.74, 6) is -1.25. The molecular formula is C15H17NO4. The summed E-state index contributed by atoms with van der Waals surface area (Å²) in [5, 5.41) is 9.21. The molecule has 3 rings (SSSR count). The van der Waals surface area contributed by atoms with Gasteiger partial charge in [-0.2, -0.15) is 0 Å². The minimum atomic E-state index is -1.15. The Morgan fingerprint density at radius 3 is 2.55 bits per heavy atom. The van der Waals surface area contributed by atoms with Gasteiger partial charge in [-0.3, -0.25) is 9.59 Å². The van der Waals surface area contributed by atoms with E-state index in [9.17, 15) is 14.7 Å². The first kappa shape index (κ1) is 13.1. The van der Waals surface area contributed by atoms with Crippen molar-refractivity contribution in [1.29, 1.82) is 0 Å². The summed E-state index contributed by atoms with van der Waals surface area (Å²) in [6.45, 7) is 1.34. The number of ether oxygens (including phenoxy) is 1. The van der Waals surface area contributed by atoms with E-state index < -0.39 is 11.4 Å². The van der Waals surface area contributed by atoms with Gasteiger partial charge in [-0.25, -0.2) is 0 Å². The Morgan fingerprint density at radius 1 is 1.25 bits per heavy atom. The number of carbonyl (C=O) groups excluding carboxylic acids is 1. The molecule has 1 amide bonds. The number of aliphatic carboxylic acids is 1. The van der Waals surface area contributed by atoms with Crippen molar-refractivity contribution in [2.24, 2.45) is 5.41 Å². The molecule has 5 heteroatoms. The summed E-state index contributed by atoms with van der Waals surface area (Å²) >= 11 is 0. The predicted molar refractivity (Wildman–Crippen MR) is 71.0 cm³/mol. The van der Waals surface area contributed by atoms with Crippen molar-refractivity contribution in [3.63, 3.8) is 0 Å². The second kappa shape index (κ2) is 4.90. The molecule has 0 aromatic heterocycles.